The first-order chi connectivity index (χ1) is 16.0. The van der Waals surface area contributed by atoms with Crippen LogP contribution in [0.5, 0.6) is 0 Å². The number of aromatic nitrogens is 2. The van der Waals surface area contributed by atoms with Gasteiger partial charge in [-0.15, -0.1) is 0 Å². The number of hydrogen-bond acceptors (Lipinski definition) is 3. The van der Waals surface area contributed by atoms with Crippen LogP contribution in [0.25, 0.3) is 11.0 Å². The molecule has 0 amide bonds. The van der Waals surface area contributed by atoms with Gasteiger partial charge in [0.25, 0.3) is 0 Å². The first kappa shape index (κ1) is 21.2. The quantitative estimate of drug-likeness (QED) is 0.552. The zero-order valence-corrected chi connectivity index (χ0v) is 19.3. The minimum atomic E-state index is -0.214. The number of ether oxygens (including phenoxy) is 1. The number of imidazole rings is 1. The van der Waals surface area contributed by atoms with Crippen molar-refractivity contribution < 1.29 is 9.53 Å². The van der Waals surface area contributed by atoms with Gasteiger partial charge in [0.15, 0.2) is 0 Å². The molecule has 0 saturated heterocycles. The molecule has 3 aliphatic rings. The van der Waals surface area contributed by atoms with E-state index in [0.29, 0.717) is 0 Å². The first-order valence-electron chi connectivity index (χ1n) is 11.4. The molecule has 1 unspecified atom stereocenters. The minimum Gasteiger partial charge on any atom is -0.469 e. The van der Waals surface area contributed by atoms with E-state index >= 15 is 0 Å². The van der Waals surface area contributed by atoms with Gasteiger partial charge >= 0.3 is 5.97 Å². The average molecular weight is 437 g/mol. The van der Waals surface area contributed by atoms with Crippen molar-refractivity contribution in [2.24, 2.45) is 5.41 Å². The van der Waals surface area contributed by atoms with Gasteiger partial charge in [0.2, 0.25) is 0 Å². The number of rotatable bonds is 4. The van der Waals surface area contributed by atoms with Gasteiger partial charge in [-0.1, -0.05) is 60.8 Å². The maximum Gasteiger partial charge on any atom is 0.309 e. The summed E-state index contributed by atoms with van der Waals surface area (Å²) < 4.78 is 7.11. The van der Waals surface area contributed by atoms with Gasteiger partial charge in [-0.25, -0.2) is 4.98 Å². The van der Waals surface area contributed by atoms with Gasteiger partial charge in [-0.3, -0.25) is 4.79 Å². The lowest BCUT2D eigenvalue weighted by molar-refractivity contribution is -0.139. The van der Waals surface area contributed by atoms with Crippen molar-refractivity contribution in [2.75, 3.05) is 7.11 Å². The third kappa shape index (κ3) is 3.76. The second-order valence-electron chi connectivity index (χ2n) is 8.95. The summed E-state index contributed by atoms with van der Waals surface area (Å²) >= 11 is 0. The van der Waals surface area contributed by atoms with Gasteiger partial charge in [-0.2, -0.15) is 0 Å². The van der Waals surface area contributed by atoms with E-state index in [1.807, 2.05) is 6.33 Å². The number of hydrogen-bond donors (Lipinski definition) is 0. The van der Waals surface area contributed by atoms with Gasteiger partial charge in [0.05, 0.1) is 30.9 Å². The number of nitrogens with zero attached hydrogens (tertiary/aromatic N) is 2. The van der Waals surface area contributed by atoms with Gasteiger partial charge in [0.1, 0.15) is 0 Å². The minimum absolute atomic E-state index is 0.214. The molecule has 4 heteroatoms. The van der Waals surface area contributed by atoms with Gasteiger partial charge in [0, 0.05) is 12.0 Å². The third-order valence-corrected chi connectivity index (χ3v) is 6.96. The van der Waals surface area contributed by atoms with Crippen LogP contribution in [-0.2, 0) is 16.1 Å². The molecule has 0 fully saturated rings. The van der Waals surface area contributed by atoms with E-state index in [-0.39, 0.29) is 17.8 Å². The van der Waals surface area contributed by atoms with Gasteiger partial charge in [-0.05, 0) is 65.8 Å². The molecule has 1 spiro atoms. The Morgan fingerprint density at radius 3 is 2.88 bits per heavy atom. The highest BCUT2D eigenvalue weighted by Gasteiger charge is 2.38. The zero-order valence-electron chi connectivity index (χ0n) is 19.3. The number of allylic oxidation sites excluding steroid dienone is 13. The van der Waals surface area contributed by atoms with Crippen LogP contribution < -0.4 is 0 Å². The highest BCUT2D eigenvalue weighted by atomic mass is 16.5. The molecule has 0 aliphatic heterocycles. The second kappa shape index (κ2) is 8.36. The number of methoxy groups -OCH3 is 1. The number of fused-ring (bicyclic) bond motifs is 1. The molecule has 33 heavy (non-hydrogen) atoms. The van der Waals surface area contributed by atoms with Crippen molar-refractivity contribution in [2.45, 2.75) is 33.2 Å². The zero-order chi connectivity index (χ0) is 23.0. The lowest BCUT2D eigenvalue weighted by Crippen LogP contribution is -2.27. The van der Waals surface area contributed by atoms with E-state index in [2.05, 4.69) is 96.3 Å². The molecule has 0 bridgehead atoms. The van der Waals surface area contributed by atoms with E-state index in [9.17, 15) is 4.79 Å². The van der Waals surface area contributed by atoms with Crippen molar-refractivity contribution in [3.63, 3.8) is 0 Å². The maximum absolute atomic E-state index is 12.0. The number of esters is 1. The Kier molecular flexibility index (Phi) is 5.37. The van der Waals surface area contributed by atoms with Crippen LogP contribution in [0.2, 0.25) is 0 Å². The number of carbonyl (C=O) groups is 1. The summed E-state index contributed by atoms with van der Waals surface area (Å²) in [5, 5.41) is 0. The molecular formula is C29H28N2O2. The van der Waals surface area contributed by atoms with Crippen LogP contribution in [0, 0.1) is 19.3 Å². The molecule has 4 nitrogen and oxygen atoms in total. The average Bonchev–Trinajstić information content (AvgIpc) is 3.11. The molecule has 1 aromatic heterocycles. The van der Waals surface area contributed by atoms with Crippen LogP contribution in [-0.4, -0.2) is 22.6 Å². The Labute approximate surface area is 194 Å². The van der Waals surface area contributed by atoms with E-state index in [1.54, 1.807) is 0 Å². The number of benzene rings is 1. The monoisotopic (exact) mass is 436 g/mol. The predicted octanol–water partition coefficient (Wildman–Crippen LogP) is 6.01. The van der Waals surface area contributed by atoms with Crippen molar-refractivity contribution in [3.8, 4) is 0 Å². The second-order valence-corrected chi connectivity index (χ2v) is 8.95. The molecule has 3 aliphatic carbocycles. The normalized spacial score (nSPS) is 22.4. The molecule has 5 rings (SSSR count). The largest absolute Gasteiger partial charge is 0.469 e. The summed E-state index contributed by atoms with van der Waals surface area (Å²) in [5.74, 6) is -0.214. The van der Waals surface area contributed by atoms with Crippen molar-refractivity contribution in [1.29, 1.82) is 0 Å². The molecule has 2 aromatic rings. The number of carbonyl (C=O) groups excluding carboxylic acids is 1. The smallest absolute Gasteiger partial charge is 0.309 e. The summed E-state index contributed by atoms with van der Waals surface area (Å²) in [6, 6.07) is 4.36. The fourth-order valence-corrected chi connectivity index (χ4v) is 4.92. The lowest BCUT2D eigenvalue weighted by atomic mass is 9.65. The molecular weight excluding hydrogens is 408 g/mol. The Morgan fingerprint density at radius 1 is 1.18 bits per heavy atom. The van der Waals surface area contributed by atoms with Crippen LogP contribution in [0.1, 0.15) is 24.0 Å². The summed E-state index contributed by atoms with van der Waals surface area (Å²) in [4.78, 5) is 16.6. The SMILES string of the molecule is COC(=O)CC1=CCC23C=CC=CC2=CC=CC(=CCn2cnc4cc(C)c(C)cc42)C3=C1. The van der Waals surface area contributed by atoms with E-state index in [1.165, 1.54) is 35.0 Å². The van der Waals surface area contributed by atoms with E-state index in [0.717, 1.165) is 29.6 Å². The maximum atomic E-state index is 12.0. The van der Waals surface area contributed by atoms with Crippen LogP contribution >= 0.6 is 0 Å². The fourth-order valence-electron chi connectivity index (χ4n) is 4.92. The van der Waals surface area contributed by atoms with Crippen molar-refractivity contribution in [1.82, 2.24) is 9.55 Å². The summed E-state index contributed by atoms with van der Waals surface area (Å²) in [6.45, 7) is 4.98. The highest BCUT2D eigenvalue weighted by Crippen LogP contribution is 2.50. The summed E-state index contributed by atoms with van der Waals surface area (Å²) in [6.07, 6.45) is 24.9. The Hall–Kier alpha value is -3.66. The Bertz CT molecular complexity index is 1360. The number of aryl methyl sites for hydroxylation is 2. The molecule has 0 radical (unpaired) electrons. The molecule has 1 heterocycles. The first-order valence-corrected chi connectivity index (χ1v) is 11.4. The highest BCUT2D eigenvalue weighted by molar-refractivity contribution is 5.77. The topological polar surface area (TPSA) is 44.1 Å². The van der Waals surface area contributed by atoms with Crippen molar-refractivity contribution >= 4 is 17.0 Å². The third-order valence-electron chi connectivity index (χ3n) is 6.96. The lowest BCUT2D eigenvalue weighted by Gasteiger charge is -2.38. The molecule has 166 valence electrons. The Morgan fingerprint density at radius 2 is 2.03 bits per heavy atom. The standard InChI is InChI=1S/C29H28N2O2/c1-20-15-26-27(16-21(20)2)31(19-30-26)14-11-23-7-6-9-24-8-4-5-12-29(24)13-10-22(17-25(23)29)18-28(32)33-3/h4-12,15-17,19H,13-14,18H2,1-3H3. The van der Waals surface area contributed by atoms with Crippen molar-refractivity contribution in [3.05, 3.63) is 113 Å². The summed E-state index contributed by atoms with van der Waals surface area (Å²) in [5.41, 5.74) is 9.14. The molecule has 0 saturated carbocycles. The van der Waals surface area contributed by atoms with E-state index < -0.39 is 0 Å². The van der Waals surface area contributed by atoms with Gasteiger partial charge < -0.3 is 9.30 Å². The van der Waals surface area contributed by atoms with E-state index in [4.69, 9.17) is 4.74 Å². The molecule has 0 N–H and O–H groups in total. The summed E-state index contributed by atoms with van der Waals surface area (Å²) in [7, 11) is 1.44. The van der Waals surface area contributed by atoms with Crippen LogP contribution in [0.4, 0.5) is 0 Å². The Balaban J connectivity index is 1.55. The predicted molar refractivity (Wildman–Crippen MR) is 133 cm³/mol. The molecule has 1 aromatic carbocycles. The van der Waals surface area contributed by atoms with Crippen LogP contribution in [0.15, 0.2) is 102 Å². The molecule has 1 atom stereocenters. The fraction of sp³-hybridized carbons (Fsp3) is 0.241. The van der Waals surface area contributed by atoms with Crippen LogP contribution in [0.3, 0.4) is 0 Å².